The van der Waals surface area contributed by atoms with Crippen LogP contribution in [0.2, 0.25) is 0 Å². The number of rotatable bonds is 4. The monoisotopic (exact) mass is 282 g/mol. The van der Waals surface area contributed by atoms with Crippen LogP contribution in [0.5, 0.6) is 6.01 Å². The van der Waals surface area contributed by atoms with Crippen molar-refractivity contribution in [2.24, 2.45) is 0 Å². The molecule has 1 aliphatic rings. The minimum atomic E-state index is -0.145. The zero-order valence-corrected chi connectivity index (χ0v) is 12.0. The van der Waals surface area contributed by atoms with Gasteiger partial charge >= 0.3 is 12.0 Å². The highest BCUT2D eigenvalue weighted by Gasteiger charge is 2.32. The van der Waals surface area contributed by atoms with Crippen molar-refractivity contribution in [3.8, 4) is 6.01 Å². The molecule has 0 radical (unpaired) electrons. The summed E-state index contributed by atoms with van der Waals surface area (Å²) in [5, 5.41) is 2.55. The van der Waals surface area contributed by atoms with Crippen molar-refractivity contribution < 1.29 is 14.3 Å². The van der Waals surface area contributed by atoms with Gasteiger partial charge in [-0.1, -0.05) is 0 Å². The minimum Gasteiger partial charge on any atom is -0.467 e. The van der Waals surface area contributed by atoms with Crippen molar-refractivity contribution in [1.82, 2.24) is 24.8 Å². The average Bonchev–Trinajstić information content (AvgIpc) is 2.47. The number of carbonyl (C=O) groups is 1. The fourth-order valence-electron chi connectivity index (χ4n) is 1.98. The van der Waals surface area contributed by atoms with Crippen molar-refractivity contribution >= 4 is 11.9 Å². The number of aromatic nitrogens is 3. The van der Waals surface area contributed by atoms with Gasteiger partial charge in [-0.3, -0.25) is 9.28 Å². The van der Waals surface area contributed by atoms with E-state index in [0.717, 1.165) is 13.1 Å². The van der Waals surface area contributed by atoms with E-state index in [1.54, 1.807) is 7.05 Å². The van der Waals surface area contributed by atoms with Gasteiger partial charge in [0.15, 0.2) is 5.82 Å². The van der Waals surface area contributed by atoms with Crippen LogP contribution in [0.3, 0.4) is 0 Å². The summed E-state index contributed by atoms with van der Waals surface area (Å²) in [6, 6.07) is 0.236. The highest BCUT2D eigenvalue weighted by atomic mass is 16.5. The number of hydrogen-bond donors (Lipinski definition) is 1. The third-order valence-electron chi connectivity index (χ3n) is 3.37. The van der Waals surface area contributed by atoms with E-state index < -0.39 is 0 Å². The van der Waals surface area contributed by atoms with E-state index in [1.165, 1.54) is 7.11 Å². The van der Waals surface area contributed by atoms with Gasteiger partial charge in [-0.15, -0.1) is 4.98 Å². The van der Waals surface area contributed by atoms with Crippen molar-refractivity contribution in [3.63, 3.8) is 0 Å². The van der Waals surface area contributed by atoms with Crippen molar-refractivity contribution in [1.29, 1.82) is 0 Å². The number of methoxy groups -OCH3 is 1. The largest absolute Gasteiger partial charge is 0.467 e. The van der Waals surface area contributed by atoms with E-state index >= 15 is 0 Å². The van der Waals surface area contributed by atoms with E-state index in [0.29, 0.717) is 29.5 Å². The lowest BCUT2D eigenvalue weighted by molar-refractivity contribution is -0.120. The van der Waals surface area contributed by atoms with Crippen LogP contribution >= 0.6 is 0 Å². The Labute approximate surface area is 117 Å². The second-order valence-electron chi connectivity index (χ2n) is 4.84. The van der Waals surface area contributed by atoms with E-state index in [9.17, 15) is 4.79 Å². The van der Waals surface area contributed by atoms with Gasteiger partial charge in [-0.05, 0) is 0 Å². The lowest BCUT2D eigenvalue weighted by Crippen LogP contribution is -2.54. The molecule has 1 N–H and O–H groups in total. The summed E-state index contributed by atoms with van der Waals surface area (Å²) in [5.41, 5.74) is 0. The lowest BCUT2D eigenvalue weighted by atomic mass is 10.3. The zero-order chi connectivity index (χ0) is 14.6. The maximum Gasteiger partial charge on any atom is 0.335 e. The Kier molecular flexibility index (Phi) is 4.46. The molecular weight excluding hydrogens is 262 g/mol. The molecule has 1 amide bonds. The highest BCUT2D eigenvalue weighted by molar-refractivity contribution is 5.77. The molecular formula is C12H20N5O3+. The van der Waals surface area contributed by atoms with Crippen molar-refractivity contribution in [2.75, 3.05) is 47.5 Å². The van der Waals surface area contributed by atoms with E-state index in [2.05, 4.69) is 20.3 Å². The Bertz CT molecular complexity index is 488. The van der Waals surface area contributed by atoms with Gasteiger partial charge in [0, 0.05) is 7.05 Å². The van der Waals surface area contributed by atoms with Gasteiger partial charge < -0.3 is 14.8 Å². The van der Waals surface area contributed by atoms with Gasteiger partial charge in [0.2, 0.25) is 5.91 Å². The molecule has 0 saturated carbocycles. The molecule has 1 aromatic rings. The van der Waals surface area contributed by atoms with Gasteiger partial charge in [0.1, 0.15) is 13.1 Å². The standard InChI is InChI=1S/C12H19N5O3/c1-13-10(18)8-9-14-11(16-12(15-9)19-3)17(2)4-6-20-7-5-17/h4-8H2,1-3H3/p+1. The van der Waals surface area contributed by atoms with Crippen LogP contribution in [0, 0.1) is 0 Å². The highest BCUT2D eigenvalue weighted by Crippen LogP contribution is 2.20. The first-order valence-corrected chi connectivity index (χ1v) is 6.50. The summed E-state index contributed by atoms with van der Waals surface area (Å²) in [7, 11) is 5.13. The molecule has 2 rings (SSSR count). The number of likely N-dealkylation sites (N-methyl/N-ethyl adjacent to an activating group) is 2. The summed E-state index contributed by atoms with van der Waals surface area (Å²) in [5.74, 6) is 0.880. The minimum absolute atomic E-state index is 0.110. The Morgan fingerprint density at radius 2 is 2.05 bits per heavy atom. The molecule has 8 heteroatoms. The summed E-state index contributed by atoms with van der Waals surface area (Å²) >= 11 is 0. The maximum atomic E-state index is 11.5. The summed E-state index contributed by atoms with van der Waals surface area (Å²) in [4.78, 5) is 24.3. The van der Waals surface area contributed by atoms with E-state index in [4.69, 9.17) is 9.47 Å². The third-order valence-corrected chi connectivity index (χ3v) is 3.37. The first kappa shape index (κ1) is 14.6. The molecule has 1 aromatic heterocycles. The molecule has 1 saturated heterocycles. The number of morpholine rings is 1. The van der Waals surface area contributed by atoms with Crippen LogP contribution in [-0.2, 0) is 16.0 Å². The van der Waals surface area contributed by atoms with Gasteiger partial charge in [-0.2, -0.15) is 9.97 Å². The molecule has 8 nitrogen and oxygen atoms in total. The molecule has 0 unspecified atom stereocenters. The lowest BCUT2D eigenvalue weighted by Gasteiger charge is -2.34. The number of amides is 1. The fourth-order valence-corrected chi connectivity index (χ4v) is 1.98. The second-order valence-corrected chi connectivity index (χ2v) is 4.84. The van der Waals surface area contributed by atoms with Crippen molar-refractivity contribution in [2.45, 2.75) is 6.42 Å². The molecule has 110 valence electrons. The topological polar surface area (TPSA) is 86.2 Å². The maximum absolute atomic E-state index is 11.5. The summed E-state index contributed by atoms with van der Waals surface area (Å²) in [6.45, 7) is 2.89. The number of nitrogens with zero attached hydrogens (tertiary/aromatic N) is 4. The predicted octanol–water partition coefficient (Wildman–Crippen LogP) is -0.864. The Morgan fingerprint density at radius 1 is 1.35 bits per heavy atom. The molecule has 0 aromatic carbocycles. The Hall–Kier alpha value is -1.80. The SMILES string of the molecule is CNC(=O)Cc1nc(OC)nc([N+]2(C)CCOCC2)n1. The first-order chi connectivity index (χ1) is 9.57. The Morgan fingerprint density at radius 3 is 2.65 bits per heavy atom. The van der Waals surface area contributed by atoms with Gasteiger partial charge in [0.25, 0.3) is 0 Å². The zero-order valence-electron chi connectivity index (χ0n) is 12.0. The number of hydrogen-bond acceptors (Lipinski definition) is 6. The molecule has 20 heavy (non-hydrogen) atoms. The first-order valence-electron chi connectivity index (χ1n) is 6.50. The van der Waals surface area contributed by atoms with E-state index in [1.807, 2.05) is 7.05 Å². The average molecular weight is 282 g/mol. The third kappa shape index (κ3) is 3.20. The Balaban J connectivity index is 2.31. The molecule has 0 atom stereocenters. The molecule has 0 aliphatic carbocycles. The second kappa shape index (κ2) is 6.10. The van der Waals surface area contributed by atoms with Crippen LogP contribution in [-0.4, -0.2) is 68.4 Å². The quantitative estimate of drug-likeness (QED) is 0.723. The smallest absolute Gasteiger partial charge is 0.335 e. The molecule has 0 spiro atoms. The number of carbonyl (C=O) groups excluding carboxylic acids is 1. The van der Waals surface area contributed by atoms with Gasteiger partial charge in [-0.25, -0.2) is 0 Å². The molecule has 1 fully saturated rings. The van der Waals surface area contributed by atoms with Crippen LogP contribution in [0.15, 0.2) is 0 Å². The van der Waals surface area contributed by atoms with E-state index in [-0.39, 0.29) is 18.3 Å². The number of ether oxygens (including phenoxy) is 2. The fraction of sp³-hybridized carbons (Fsp3) is 0.667. The predicted molar refractivity (Wildman–Crippen MR) is 72.4 cm³/mol. The van der Waals surface area contributed by atoms with Crippen molar-refractivity contribution in [3.05, 3.63) is 5.82 Å². The van der Waals surface area contributed by atoms with Crippen LogP contribution in [0.25, 0.3) is 0 Å². The van der Waals surface area contributed by atoms with Crippen LogP contribution in [0.1, 0.15) is 5.82 Å². The van der Waals surface area contributed by atoms with Crippen LogP contribution in [0.4, 0.5) is 5.95 Å². The molecule has 1 aliphatic heterocycles. The molecule has 0 bridgehead atoms. The molecule has 2 heterocycles. The summed E-state index contributed by atoms with van der Waals surface area (Å²) in [6.07, 6.45) is 0.110. The normalized spacial score (nSPS) is 17.6. The number of quaternary nitrogens is 1. The number of nitrogens with one attached hydrogen (secondary N) is 1. The summed E-state index contributed by atoms with van der Waals surface area (Å²) < 4.78 is 11.0. The van der Waals surface area contributed by atoms with Gasteiger partial charge in [0.05, 0.1) is 33.8 Å². The van der Waals surface area contributed by atoms with Crippen LogP contribution < -0.4 is 14.5 Å².